The van der Waals surface area contributed by atoms with Crippen LogP contribution in [0.15, 0.2) is 5.16 Å². The van der Waals surface area contributed by atoms with Crippen LogP contribution in [0.1, 0.15) is 33.6 Å². The first kappa shape index (κ1) is 11.8. The molecule has 4 N–H and O–H groups in total. The Morgan fingerprint density at radius 2 is 2.13 bits per heavy atom. The van der Waals surface area contributed by atoms with E-state index in [2.05, 4.69) is 17.4 Å². The molecule has 5 nitrogen and oxygen atoms in total. The molecule has 15 heavy (non-hydrogen) atoms. The number of oxime groups is 1. The number of nitrogens with two attached hydrogens (primary N) is 1. The smallest absolute Gasteiger partial charge is 0.233 e. The molecule has 1 amide bonds. The average Bonchev–Trinajstić information content (AvgIpc) is 2.92. The summed E-state index contributed by atoms with van der Waals surface area (Å²) in [6, 6.07) is 0. The maximum Gasteiger partial charge on any atom is 0.233 e. The van der Waals surface area contributed by atoms with Gasteiger partial charge in [0.25, 0.3) is 0 Å². The standard InChI is InChI=1S/C10H19N3O2/c1-9(2,7(11)13-15)8(14)12-6-10(3)4-5-10/h15H,4-6H2,1-3H3,(H2,11,13)(H,12,14). The first-order chi connectivity index (χ1) is 6.82. The third kappa shape index (κ3) is 2.61. The normalized spacial score (nSPS) is 19.8. The number of hydrogen-bond donors (Lipinski definition) is 3. The molecular weight excluding hydrogens is 194 g/mol. The summed E-state index contributed by atoms with van der Waals surface area (Å²) >= 11 is 0. The Bertz CT molecular complexity index is 293. The molecule has 86 valence electrons. The number of hydrogen-bond acceptors (Lipinski definition) is 3. The van der Waals surface area contributed by atoms with Crippen molar-refractivity contribution in [2.45, 2.75) is 33.6 Å². The van der Waals surface area contributed by atoms with Gasteiger partial charge in [0.2, 0.25) is 5.91 Å². The lowest BCUT2D eigenvalue weighted by atomic mass is 9.90. The van der Waals surface area contributed by atoms with Crippen LogP contribution in [0.5, 0.6) is 0 Å². The van der Waals surface area contributed by atoms with Gasteiger partial charge in [-0.2, -0.15) is 0 Å². The monoisotopic (exact) mass is 213 g/mol. The van der Waals surface area contributed by atoms with Crippen molar-refractivity contribution in [1.82, 2.24) is 5.32 Å². The predicted octanol–water partition coefficient (Wildman–Crippen LogP) is 0.675. The molecule has 0 aromatic carbocycles. The molecule has 1 aliphatic carbocycles. The summed E-state index contributed by atoms with van der Waals surface area (Å²) in [7, 11) is 0. The molecule has 1 fully saturated rings. The van der Waals surface area contributed by atoms with Gasteiger partial charge < -0.3 is 16.3 Å². The lowest BCUT2D eigenvalue weighted by Crippen LogP contribution is -2.47. The van der Waals surface area contributed by atoms with Crippen LogP contribution in [0.2, 0.25) is 0 Å². The molecule has 0 aromatic heterocycles. The largest absolute Gasteiger partial charge is 0.409 e. The van der Waals surface area contributed by atoms with E-state index in [4.69, 9.17) is 10.9 Å². The van der Waals surface area contributed by atoms with Gasteiger partial charge in [-0.25, -0.2) is 0 Å². The predicted molar refractivity (Wildman–Crippen MR) is 57.5 cm³/mol. The first-order valence-corrected chi connectivity index (χ1v) is 5.08. The van der Waals surface area contributed by atoms with E-state index in [0.29, 0.717) is 6.54 Å². The van der Waals surface area contributed by atoms with E-state index in [9.17, 15) is 4.79 Å². The number of carbonyl (C=O) groups excluding carboxylic acids is 1. The van der Waals surface area contributed by atoms with Crippen molar-refractivity contribution >= 4 is 11.7 Å². The van der Waals surface area contributed by atoms with Crippen LogP contribution in [0.25, 0.3) is 0 Å². The zero-order valence-corrected chi connectivity index (χ0v) is 9.50. The maximum atomic E-state index is 11.8. The third-order valence-corrected chi connectivity index (χ3v) is 3.10. The van der Waals surface area contributed by atoms with Gasteiger partial charge in [0, 0.05) is 6.54 Å². The Morgan fingerprint density at radius 1 is 1.60 bits per heavy atom. The van der Waals surface area contributed by atoms with E-state index >= 15 is 0 Å². The number of nitrogens with one attached hydrogen (secondary N) is 1. The van der Waals surface area contributed by atoms with Crippen LogP contribution in [0.3, 0.4) is 0 Å². The molecule has 0 unspecified atom stereocenters. The molecule has 0 saturated heterocycles. The average molecular weight is 213 g/mol. The minimum Gasteiger partial charge on any atom is -0.409 e. The topological polar surface area (TPSA) is 87.7 Å². The molecule has 5 heteroatoms. The second-order valence-electron chi connectivity index (χ2n) is 5.10. The van der Waals surface area contributed by atoms with E-state index in [0.717, 1.165) is 12.8 Å². The molecule has 0 spiro atoms. The molecule has 0 heterocycles. The Kier molecular flexibility index (Phi) is 2.93. The Hall–Kier alpha value is -1.26. The second kappa shape index (κ2) is 3.72. The summed E-state index contributed by atoms with van der Waals surface area (Å²) in [6.45, 7) is 6.05. The van der Waals surface area contributed by atoms with Gasteiger partial charge >= 0.3 is 0 Å². The van der Waals surface area contributed by atoms with Crippen molar-refractivity contribution in [3.05, 3.63) is 0 Å². The lowest BCUT2D eigenvalue weighted by Gasteiger charge is -2.22. The SMILES string of the molecule is CC1(CNC(=O)C(C)(C)C(N)=NO)CC1. The van der Waals surface area contributed by atoms with Crippen LogP contribution >= 0.6 is 0 Å². The van der Waals surface area contributed by atoms with E-state index in [1.54, 1.807) is 13.8 Å². The highest BCUT2D eigenvalue weighted by Crippen LogP contribution is 2.44. The number of nitrogens with zero attached hydrogens (tertiary/aromatic N) is 1. The fourth-order valence-electron chi connectivity index (χ4n) is 1.15. The molecule has 0 aromatic rings. The summed E-state index contributed by atoms with van der Waals surface area (Å²) in [4.78, 5) is 11.8. The molecular formula is C10H19N3O2. The summed E-state index contributed by atoms with van der Waals surface area (Å²) in [5.74, 6) is -0.271. The van der Waals surface area contributed by atoms with Crippen LogP contribution in [0, 0.1) is 10.8 Å². The lowest BCUT2D eigenvalue weighted by molar-refractivity contribution is -0.126. The van der Waals surface area contributed by atoms with Crippen LogP contribution in [-0.2, 0) is 4.79 Å². The van der Waals surface area contributed by atoms with Crippen LogP contribution in [-0.4, -0.2) is 23.5 Å². The van der Waals surface area contributed by atoms with Crippen LogP contribution in [0.4, 0.5) is 0 Å². The van der Waals surface area contributed by atoms with E-state index in [-0.39, 0.29) is 17.2 Å². The zero-order valence-electron chi connectivity index (χ0n) is 9.50. The van der Waals surface area contributed by atoms with Gasteiger partial charge in [0.1, 0.15) is 5.41 Å². The molecule has 0 bridgehead atoms. The molecule has 1 saturated carbocycles. The van der Waals surface area contributed by atoms with E-state index in [1.165, 1.54) is 0 Å². The zero-order chi connectivity index (χ0) is 11.7. The Morgan fingerprint density at radius 3 is 2.53 bits per heavy atom. The molecule has 1 aliphatic rings. The van der Waals surface area contributed by atoms with Crippen molar-refractivity contribution < 1.29 is 10.0 Å². The van der Waals surface area contributed by atoms with Gasteiger partial charge in [0.05, 0.1) is 0 Å². The van der Waals surface area contributed by atoms with Gasteiger partial charge in [0.15, 0.2) is 5.84 Å². The Labute approximate surface area is 89.7 Å². The maximum absolute atomic E-state index is 11.8. The minimum absolute atomic E-state index is 0.0686. The summed E-state index contributed by atoms with van der Waals surface area (Å²) in [5.41, 5.74) is 4.75. The second-order valence-corrected chi connectivity index (χ2v) is 5.10. The van der Waals surface area contributed by atoms with Gasteiger partial charge in [-0.3, -0.25) is 4.79 Å². The summed E-state index contributed by atoms with van der Waals surface area (Å²) < 4.78 is 0. The highest BCUT2D eigenvalue weighted by atomic mass is 16.4. The number of amidine groups is 1. The van der Waals surface area contributed by atoms with Crippen molar-refractivity contribution in [1.29, 1.82) is 0 Å². The first-order valence-electron chi connectivity index (χ1n) is 5.08. The summed E-state index contributed by atoms with van der Waals surface area (Å²) in [6.07, 6.45) is 2.30. The van der Waals surface area contributed by atoms with Crippen LogP contribution < -0.4 is 11.1 Å². The van der Waals surface area contributed by atoms with Gasteiger partial charge in [-0.05, 0) is 32.1 Å². The third-order valence-electron chi connectivity index (χ3n) is 3.10. The quantitative estimate of drug-likeness (QED) is 0.278. The number of amides is 1. The number of carbonyl (C=O) groups is 1. The van der Waals surface area contributed by atoms with Crippen molar-refractivity contribution in [3.8, 4) is 0 Å². The van der Waals surface area contributed by atoms with Gasteiger partial charge in [-0.15, -0.1) is 0 Å². The molecule has 0 atom stereocenters. The van der Waals surface area contributed by atoms with E-state index < -0.39 is 5.41 Å². The molecule has 0 radical (unpaired) electrons. The van der Waals surface area contributed by atoms with Gasteiger partial charge in [-0.1, -0.05) is 12.1 Å². The molecule has 0 aliphatic heterocycles. The fourth-order valence-corrected chi connectivity index (χ4v) is 1.15. The van der Waals surface area contributed by atoms with Crippen molar-refractivity contribution in [2.75, 3.05) is 6.54 Å². The van der Waals surface area contributed by atoms with E-state index in [1.807, 2.05) is 0 Å². The molecule has 1 rings (SSSR count). The highest BCUT2D eigenvalue weighted by molar-refractivity contribution is 6.05. The van der Waals surface area contributed by atoms with Crippen molar-refractivity contribution in [3.63, 3.8) is 0 Å². The fraction of sp³-hybridized carbons (Fsp3) is 0.800. The summed E-state index contributed by atoms with van der Waals surface area (Å²) in [5, 5.41) is 14.2. The number of rotatable bonds is 4. The highest BCUT2D eigenvalue weighted by Gasteiger charge is 2.39. The Balaban J connectivity index is 2.52. The minimum atomic E-state index is -0.958. The van der Waals surface area contributed by atoms with Crippen molar-refractivity contribution in [2.24, 2.45) is 21.7 Å².